The van der Waals surface area contributed by atoms with Gasteiger partial charge in [0.05, 0.1) is 17.5 Å². The highest BCUT2D eigenvalue weighted by molar-refractivity contribution is 5.93. The Kier molecular flexibility index (Phi) is 9.14. The molecular formula is C22H31N5O8. The van der Waals surface area contributed by atoms with Crippen LogP contribution in [0.25, 0.3) is 10.9 Å². The largest absolute Gasteiger partial charge is 0.480 e. The van der Waals surface area contributed by atoms with Crippen molar-refractivity contribution >= 4 is 40.6 Å². The number of nitrogens with two attached hydrogens (primary N) is 1. The van der Waals surface area contributed by atoms with E-state index in [0.29, 0.717) is 29.9 Å². The first-order valence-corrected chi connectivity index (χ1v) is 10.8. The second-order valence-corrected chi connectivity index (χ2v) is 8.74. The number of hydrogen-bond donors (Lipinski definition) is 5. The van der Waals surface area contributed by atoms with E-state index in [1.165, 1.54) is 13.0 Å². The van der Waals surface area contributed by atoms with Gasteiger partial charge >= 0.3 is 17.7 Å². The summed E-state index contributed by atoms with van der Waals surface area (Å²) < 4.78 is 15.2. The summed E-state index contributed by atoms with van der Waals surface area (Å²) >= 11 is 0. The van der Waals surface area contributed by atoms with Crippen LogP contribution in [-0.4, -0.2) is 65.5 Å². The Morgan fingerprint density at radius 2 is 2.00 bits per heavy atom. The molecule has 0 bridgehead atoms. The fraction of sp³-hybridized carbons (Fsp3) is 0.500. The number of morpholine rings is 1. The molecule has 13 heteroatoms. The number of carbonyl (C=O) groups is 3. The molecule has 1 unspecified atom stereocenters. The van der Waals surface area contributed by atoms with E-state index in [1.54, 1.807) is 33.8 Å². The van der Waals surface area contributed by atoms with Crippen LogP contribution in [0.5, 0.6) is 0 Å². The maximum absolute atomic E-state index is 12.3. The highest BCUT2D eigenvalue weighted by Crippen LogP contribution is 2.24. The van der Waals surface area contributed by atoms with Gasteiger partial charge in [-0.3, -0.25) is 14.9 Å². The zero-order valence-corrected chi connectivity index (χ0v) is 20.3. The third-order valence-corrected chi connectivity index (χ3v) is 4.65. The molecule has 35 heavy (non-hydrogen) atoms. The van der Waals surface area contributed by atoms with E-state index >= 15 is 0 Å². The zero-order valence-electron chi connectivity index (χ0n) is 20.3. The number of carbonyl (C=O) groups excluding carboxylic acids is 2. The number of fused-ring (bicyclic) bond motifs is 1. The monoisotopic (exact) mass is 493 g/mol. The number of amides is 2. The Hall–Kier alpha value is -3.71. The molecule has 0 aliphatic carbocycles. The average Bonchev–Trinajstić information content (AvgIpc) is 2.75. The van der Waals surface area contributed by atoms with Gasteiger partial charge in [-0.05, 0) is 52.3 Å². The molecule has 0 radical (unpaired) electrons. The maximum atomic E-state index is 12.3. The normalized spacial score (nSPS) is 16.4. The summed E-state index contributed by atoms with van der Waals surface area (Å²) in [5, 5.41) is 17.2. The number of anilines is 2. The predicted octanol–water partition coefficient (Wildman–Crippen LogP) is 1.19. The number of carboxylic acid groups (broad SMARTS) is 1. The van der Waals surface area contributed by atoms with Gasteiger partial charge < -0.3 is 35.4 Å². The number of primary amides is 1. The van der Waals surface area contributed by atoms with Gasteiger partial charge in [0.2, 0.25) is 5.91 Å². The maximum Gasteiger partial charge on any atom is 0.412 e. The Balaban J connectivity index is 0.000000402. The number of nitrogens with zero attached hydrogens (tertiary/aromatic N) is 1. The molecule has 1 saturated heterocycles. The van der Waals surface area contributed by atoms with Gasteiger partial charge in [0.1, 0.15) is 17.7 Å². The van der Waals surface area contributed by atoms with Crippen LogP contribution >= 0.6 is 0 Å². The Morgan fingerprint density at radius 3 is 2.51 bits per heavy atom. The number of nitrogens with one attached hydrogen (secondary N) is 3. The number of ether oxygens (including phenoxy) is 2. The molecule has 2 atom stereocenters. The SMILES string of the molecule is Cc1c(NC(=O)OC(C)(C)C)ccc2nc(N[C@@H](C)C(=O)O)oc(=O)c12.NC(=O)C1CNCCO1. The lowest BCUT2D eigenvalue weighted by Crippen LogP contribution is -2.45. The fourth-order valence-electron chi connectivity index (χ4n) is 2.93. The van der Waals surface area contributed by atoms with Crippen LogP contribution < -0.4 is 27.3 Å². The lowest BCUT2D eigenvalue weighted by Gasteiger charge is -2.20. The number of aromatic nitrogens is 1. The minimum Gasteiger partial charge on any atom is -0.480 e. The minimum absolute atomic E-state index is 0.187. The van der Waals surface area contributed by atoms with Crippen molar-refractivity contribution in [3.8, 4) is 0 Å². The summed E-state index contributed by atoms with van der Waals surface area (Å²) in [4.78, 5) is 49.6. The van der Waals surface area contributed by atoms with Crippen molar-refractivity contribution in [1.82, 2.24) is 10.3 Å². The summed E-state index contributed by atoms with van der Waals surface area (Å²) in [6.07, 6.45) is -1.07. The van der Waals surface area contributed by atoms with Crippen LogP contribution in [0.15, 0.2) is 21.3 Å². The van der Waals surface area contributed by atoms with Gasteiger partial charge in [0.15, 0.2) is 0 Å². The molecule has 1 aromatic heterocycles. The van der Waals surface area contributed by atoms with Crippen molar-refractivity contribution in [1.29, 1.82) is 0 Å². The lowest BCUT2D eigenvalue weighted by atomic mass is 10.1. The van der Waals surface area contributed by atoms with E-state index in [1.807, 2.05) is 0 Å². The molecule has 13 nitrogen and oxygen atoms in total. The minimum atomic E-state index is -1.11. The van der Waals surface area contributed by atoms with Crippen LogP contribution in [-0.2, 0) is 19.1 Å². The number of carboxylic acids is 1. The van der Waals surface area contributed by atoms with Crippen molar-refractivity contribution in [2.75, 3.05) is 30.3 Å². The zero-order chi connectivity index (χ0) is 26.3. The molecule has 6 N–H and O–H groups in total. The summed E-state index contributed by atoms with van der Waals surface area (Å²) in [5.41, 5.74) is 4.78. The van der Waals surface area contributed by atoms with Crippen molar-refractivity contribution in [3.05, 3.63) is 28.1 Å². The molecule has 0 saturated carbocycles. The highest BCUT2D eigenvalue weighted by atomic mass is 16.6. The van der Waals surface area contributed by atoms with E-state index in [-0.39, 0.29) is 17.3 Å². The quantitative estimate of drug-likeness (QED) is 0.401. The number of aryl methyl sites for hydroxylation is 1. The molecule has 1 fully saturated rings. The van der Waals surface area contributed by atoms with Crippen molar-refractivity contribution in [2.45, 2.75) is 52.4 Å². The molecule has 192 valence electrons. The van der Waals surface area contributed by atoms with Gasteiger partial charge in [0, 0.05) is 18.8 Å². The van der Waals surface area contributed by atoms with E-state index in [2.05, 4.69) is 20.9 Å². The highest BCUT2D eigenvalue weighted by Gasteiger charge is 2.20. The van der Waals surface area contributed by atoms with Gasteiger partial charge in [-0.1, -0.05) is 0 Å². The first-order chi connectivity index (χ1) is 16.3. The van der Waals surface area contributed by atoms with Gasteiger partial charge in [-0.25, -0.2) is 9.59 Å². The van der Waals surface area contributed by atoms with Gasteiger partial charge in [-0.2, -0.15) is 4.98 Å². The number of hydrogen-bond acceptors (Lipinski definition) is 10. The van der Waals surface area contributed by atoms with E-state index in [9.17, 15) is 19.2 Å². The number of benzene rings is 1. The van der Waals surface area contributed by atoms with Crippen LogP contribution in [0.1, 0.15) is 33.3 Å². The van der Waals surface area contributed by atoms with Crippen LogP contribution in [0.3, 0.4) is 0 Å². The molecule has 2 amide bonds. The molecule has 2 heterocycles. The van der Waals surface area contributed by atoms with Crippen molar-refractivity contribution in [2.24, 2.45) is 5.73 Å². The average molecular weight is 494 g/mol. The Bertz CT molecular complexity index is 1140. The molecule has 2 aromatic rings. The van der Waals surface area contributed by atoms with E-state index in [4.69, 9.17) is 24.7 Å². The second-order valence-electron chi connectivity index (χ2n) is 8.74. The molecule has 3 rings (SSSR count). The van der Waals surface area contributed by atoms with Crippen LogP contribution in [0.2, 0.25) is 0 Å². The Morgan fingerprint density at radius 1 is 1.31 bits per heavy atom. The summed E-state index contributed by atoms with van der Waals surface area (Å²) in [7, 11) is 0. The smallest absolute Gasteiger partial charge is 0.412 e. The first kappa shape index (κ1) is 27.5. The number of aliphatic carboxylic acids is 1. The fourth-order valence-corrected chi connectivity index (χ4v) is 2.93. The molecule has 1 aliphatic heterocycles. The molecular weight excluding hydrogens is 462 g/mol. The van der Waals surface area contributed by atoms with E-state index in [0.717, 1.165) is 6.54 Å². The second kappa shape index (κ2) is 11.6. The lowest BCUT2D eigenvalue weighted by molar-refractivity contribution is -0.137. The van der Waals surface area contributed by atoms with Gasteiger partial charge in [-0.15, -0.1) is 0 Å². The Labute approximate surface area is 201 Å². The summed E-state index contributed by atoms with van der Waals surface area (Å²) in [5.74, 6) is -1.50. The van der Waals surface area contributed by atoms with E-state index < -0.39 is 35.4 Å². The molecule has 0 spiro atoms. The van der Waals surface area contributed by atoms with Crippen molar-refractivity contribution < 1.29 is 33.4 Å². The van der Waals surface area contributed by atoms with Gasteiger partial charge in [0.25, 0.3) is 6.01 Å². The van der Waals surface area contributed by atoms with Crippen molar-refractivity contribution in [3.63, 3.8) is 0 Å². The topological polar surface area (TPSA) is 195 Å². The first-order valence-electron chi connectivity index (χ1n) is 10.8. The third kappa shape index (κ3) is 8.22. The molecule has 1 aliphatic rings. The molecule has 1 aromatic carbocycles. The van der Waals surface area contributed by atoms with Crippen LogP contribution in [0, 0.1) is 6.92 Å². The summed E-state index contributed by atoms with van der Waals surface area (Å²) in [6, 6.07) is 1.95. The van der Waals surface area contributed by atoms with Crippen LogP contribution in [0.4, 0.5) is 16.5 Å². The predicted molar refractivity (Wildman–Crippen MR) is 127 cm³/mol. The summed E-state index contributed by atoms with van der Waals surface area (Å²) in [6.45, 7) is 10.2. The third-order valence-electron chi connectivity index (χ3n) is 4.65. The standard InChI is InChI=1S/C17H21N3O6.C5H10N2O2/c1-8-10(20-16(24)26-17(3,4)5)6-7-11-12(8)14(23)25-15(19-11)18-9(2)13(21)22;6-5(8)4-3-7-1-2-9-4/h6-7,9H,1-5H3,(H,18,19)(H,20,24)(H,21,22);4,7H,1-3H2,(H2,6,8)/t9-;/m0./s1. The number of rotatable bonds is 5.